The highest BCUT2D eigenvalue weighted by Gasteiger charge is 2.18. The van der Waals surface area contributed by atoms with E-state index >= 15 is 0 Å². The molecule has 0 spiro atoms. The highest BCUT2D eigenvalue weighted by Crippen LogP contribution is 2.34. The maximum atomic E-state index is 10.1. The third kappa shape index (κ3) is 6.28. The van der Waals surface area contributed by atoms with Gasteiger partial charge in [0.2, 0.25) is 0 Å². The number of hydrogen-bond acceptors (Lipinski definition) is 2. The van der Waals surface area contributed by atoms with E-state index in [1.165, 1.54) is 0 Å². The van der Waals surface area contributed by atoms with E-state index in [4.69, 9.17) is 26.5 Å². The quantitative estimate of drug-likeness (QED) is 0.408. The van der Waals surface area contributed by atoms with Crippen LogP contribution in [0.1, 0.15) is 0 Å². The van der Waals surface area contributed by atoms with E-state index in [9.17, 15) is 4.57 Å². The maximum absolute atomic E-state index is 10.1. The highest BCUT2D eigenvalue weighted by molar-refractivity contribution is 7.51. The zero-order chi connectivity index (χ0) is 7.49. The largest absolute Gasteiger partial charge is 0.391 e. The first-order valence-corrected chi connectivity index (χ1v) is 4.57. The molecule has 0 rings (SSSR count). The van der Waals surface area contributed by atoms with Crippen LogP contribution < -0.4 is 0 Å². The van der Waals surface area contributed by atoms with Crippen molar-refractivity contribution in [3.05, 3.63) is 0 Å². The molecule has 0 aliphatic rings. The van der Waals surface area contributed by atoms with Crippen LogP contribution in [0.5, 0.6) is 0 Å². The molecule has 3 N–H and O–H groups in total. The third-order valence-corrected chi connectivity index (χ3v) is 1.88. The molecule has 9 heavy (non-hydrogen) atoms. The molecule has 0 fully saturated rings. The summed E-state index contributed by atoms with van der Waals surface area (Å²) in [6.07, 6.45) is -1.66. The average Bonchev–Trinajstić information content (AvgIpc) is 1.62. The Morgan fingerprint density at radius 3 is 2.11 bits per heavy atom. The van der Waals surface area contributed by atoms with Gasteiger partial charge in [0.1, 0.15) is 0 Å². The third-order valence-electron chi connectivity index (χ3n) is 0.627. The van der Waals surface area contributed by atoms with Gasteiger partial charge >= 0.3 is 7.60 Å². The second-order valence-electron chi connectivity index (χ2n) is 1.66. The molecule has 6 heteroatoms. The number of halogens is 1. The van der Waals surface area contributed by atoms with Gasteiger partial charge in [0.15, 0.2) is 0 Å². The lowest BCUT2D eigenvalue weighted by atomic mass is 10.5. The van der Waals surface area contributed by atoms with Gasteiger partial charge in [-0.05, 0) is 0 Å². The molecule has 1 atom stereocenters. The Bertz CT molecular complexity index is 121. The van der Waals surface area contributed by atoms with Crippen molar-refractivity contribution in [2.24, 2.45) is 0 Å². The molecule has 56 valence electrons. The van der Waals surface area contributed by atoms with Gasteiger partial charge in [-0.3, -0.25) is 4.57 Å². The molecule has 0 aromatic rings. The highest BCUT2D eigenvalue weighted by atomic mass is 35.5. The maximum Gasteiger partial charge on any atom is 0.328 e. The average molecular weight is 175 g/mol. The van der Waals surface area contributed by atoms with Crippen molar-refractivity contribution in [1.29, 1.82) is 0 Å². The Morgan fingerprint density at radius 1 is 1.56 bits per heavy atom. The van der Waals surface area contributed by atoms with Crippen molar-refractivity contribution in [2.45, 2.75) is 6.10 Å². The van der Waals surface area contributed by atoms with Crippen molar-refractivity contribution < 1.29 is 19.5 Å². The number of rotatable bonds is 3. The van der Waals surface area contributed by atoms with Crippen LogP contribution in [-0.2, 0) is 4.57 Å². The van der Waals surface area contributed by atoms with Gasteiger partial charge < -0.3 is 14.9 Å². The summed E-state index contributed by atoms with van der Waals surface area (Å²) in [6.45, 7) is 0. The minimum atomic E-state index is -4.07. The van der Waals surface area contributed by atoms with E-state index < -0.39 is 19.9 Å². The summed E-state index contributed by atoms with van der Waals surface area (Å²) in [4.78, 5) is 16.4. The lowest BCUT2D eigenvalue weighted by molar-refractivity contribution is 0.211. The topological polar surface area (TPSA) is 77.8 Å². The van der Waals surface area contributed by atoms with Gasteiger partial charge in [-0.1, -0.05) is 0 Å². The molecular formula is C3H8ClO4P. The molecule has 0 saturated carbocycles. The van der Waals surface area contributed by atoms with E-state index in [1.807, 2.05) is 0 Å². The van der Waals surface area contributed by atoms with E-state index in [2.05, 4.69) is 0 Å². The van der Waals surface area contributed by atoms with Crippen molar-refractivity contribution in [2.75, 3.05) is 12.0 Å². The number of aliphatic hydroxyl groups excluding tert-OH is 1. The van der Waals surface area contributed by atoms with Gasteiger partial charge in [0.25, 0.3) is 0 Å². The first kappa shape index (κ1) is 9.40. The van der Waals surface area contributed by atoms with Crippen LogP contribution in [0.3, 0.4) is 0 Å². The molecular weight excluding hydrogens is 166 g/mol. The summed E-state index contributed by atoms with van der Waals surface area (Å²) in [7, 11) is -4.07. The summed E-state index contributed by atoms with van der Waals surface area (Å²) in [5.74, 6) is -0.148. The summed E-state index contributed by atoms with van der Waals surface area (Å²) < 4.78 is 10.1. The molecule has 0 aromatic carbocycles. The predicted molar refractivity (Wildman–Crippen MR) is 33.6 cm³/mol. The van der Waals surface area contributed by atoms with Gasteiger partial charge in [-0.2, -0.15) is 0 Å². The zero-order valence-electron chi connectivity index (χ0n) is 4.57. The van der Waals surface area contributed by atoms with E-state index in [0.717, 1.165) is 0 Å². The fourth-order valence-electron chi connectivity index (χ4n) is 0.323. The molecule has 0 aliphatic heterocycles. The summed E-state index contributed by atoms with van der Waals surface area (Å²) in [6, 6.07) is 0. The monoisotopic (exact) mass is 174 g/mol. The fourth-order valence-corrected chi connectivity index (χ4v) is 1.26. The van der Waals surface area contributed by atoms with Gasteiger partial charge in [0.05, 0.1) is 12.3 Å². The molecule has 0 saturated heterocycles. The lowest BCUT2D eigenvalue weighted by Crippen LogP contribution is -2.13. The fraction of sp³-hybridized carbons (Fsp3) is 1.00. The SMILES string of the molecule is O=P(O)(O)C[C@H](O)CCl. The second-order valence-corrected chi connectivity index (χ2v) is 3.66. The van der Waals surface area contributed by atoms with E-state index in [0.29, 0.717) is 0 Å². The smallest absolute Gasteiger partial charge is 0.328 e. The van der Waals surface area contributed by atoms with Crippen molar-refractivity contribution in [1.82, 2.24) is 0 Å². The normalized spacial score (nSPS) is 15.6. The van der Waals surface area contributed by atoms with Gasteiger partial charge in [-0.25, -0.2) is 0 Å². The van der Waals surface area contributed by atoms with E-state index in [1.54, 1.807) is 0 Å². The molecule has 0 radical (unpaired) electrons. The minimum Gasteiger partial charge on any atom is -0.391 e. The number of aliphatic hydroxyl groups is 1. The van der Waals surface area contributed by atoms with Crippen LogP contribution in [0, 0.1) is 0 Å². The van der Waals surface area contributed by atoms with E-state index in [-0.39, 0.29) is 5.88 Å². The minimum absolute atomic E-state index is 0.148. The van der Waals surface area contributed by atoms with Crippen LogP contribution in [-0.4, -0.2) is 33.0 Å². The van der Waals surface area contributed by atoms with Crippen molar-refractivity contribution in [3.63, 3.8) is 0 Å². The molecule has 0 heterocycles. The lowest BCUT2D eigenvalue weighted by Gasteiger charge is -2.06. The molecule has 0 amide bonds. The van der Waals surface area contributed by atoms with Crippen molar-refractivity contribution >= 4 is 19.2 Å². The predicted octanol–water partition coefficient (Wildman–Crippen LogP) is -0.236. The first-order chi connectivity index (χ1) is 3.95. The molecule has 4 nitrogen and oxygen atoms in total. The van der Waals surface area contributed by atoms with Crippen LogP contribution in [0.25, 0.3) is 0 Å². The van der Waals surface area contributed by atoms with Crippen LogP contribution in [0.4, 0.5) is 0 Å². The van der Waals surface area contributed by atoms with Gasteiger partial charge in [-0.15, -0.1) is 11.6 Å². The van der Waals surface area contributed by atoms with Gasteiger partial charge in [0, 0.05) is 5.88 Å². The summed E-state index contributed by atoms with van der Waals surface area (Å²) in [5.41, 5.74) is 0. The Balaban J connectivity index is 3.60. The molecule has 0 aliphatic carbocycles. The first-order valence-electron chi connectivity index (χ1n) is 2.24. The zero-order valence-corrected chi connectivity index (χ0v) is 6.22. The molecule has 0 bridgehead atoms. The van der Waals surface area contributed by atoms with Crippen molar-refractivity contribution in [3.8, 4) is 0 Å². The molecule has 0 aromatic heterocycles. The second kappa shape index (κ2) is 3.54. The van der Waals surface area contributed by atoms with Crippen LogP contribution >= 0.6 is 19.2 Å². The molecule has 0 unspecified atom stereocenters. The Kier molecular flexibility index (Phi) is 3.70. The summed E-state index contributed by atoms with van der Waals surface area (Å²) >= 11 is 5.06. The Morgan fingerprint density at radius 2 is 2.00 bits per heavy atom. The summed E-state index contributed by atoms with van der Waals surface area (Å²) in [5, 5.41) is 8.57. The Labute approximate surface area is 57.6 Å². The Hall–Kier alpha value is 0.400. The number of alkyl halides is 1. The van der Waals surface area contributed by atoms with Crippen LogP contribution in [0.15, 0.2) is 0 Å². The number of hydrogen-bond donors (Lipinski definition) is 3. The van der Waals surface area contributed by atoms with Crippen LogP contribution in [0.2, 0.25) is 0 Å². The standard InChI is InChI=1S/C3H8ClO4P/c4-1-3(5)2-9(6,7)8/h3,5H,1-2H2,(H2,6,7,8)/t3-/m1/s1.